The Hall–Kier alpha value is -2.65. The second-order valence-corrected chi connectivity index (χ2v) is 8.39. The fourth-order valence-electron chi connectivity index (χ4n) is 4.19. The topological polar surface area (TPSA) is 75.9 Å². The van der Waals surface area contributed by atoms with Crippen LogP contribution >= 0.6 is 0 Å². The number of rotatable bonds is 3. The molecule has 1 saturated heterocycles. The first-order valence-electron chi connectivity index (χ1n) is 10.2. The lowest BCUT2D eigenvalue weighted by atomic mass is 9.94. The van der Waals surface area contributed by atoms with Gasteiger partial charge in [0.05, 0.1) is 23.6 Å². The van der Waals surface area contributed by atoms with Gasteiger partial charge in [0.15, 0.2) is 6.04 Å². The van der Waals surface area contributed by atoms with E-state index in [-0.39, 0.29) is 36.0 Å². The van der Waals surface area contributed by atoms with Gasteiger partial charge in [0.25, 0.3) is 5.91 Å². The molecule has 0 saturated carbocycles. The molecular formula is C20H25F3N6O. The molecule has 1 N–H and O–H groups in total. The molecule has 30 heavy (non-hydrogen) atoms. The van der Waals surface area contributed by atoms with Gasteiger partial charge in [-0.2, -0.15) is 18.3 Å². The van der Waals surface area contributed by atoms with Crippen LogP contribution in [0.2, 0.25) is 0 Å². The highest BCUT2D eigenvalue weighted by molar-refractivity contribution is 5.92. The van der Waals surface area contributed by atoms with Gasteiger partial charge >= 0.3 is 6.18 Å². The van der Waals surface area contributed by atoms with Crippen LogP contribution in [0.3, 0.4) is 0 Å². The quantitative estimate of drug-likeness (QED) is 0.812. The SMILES string of the molecule is Cc1cnc(C(=O)N2CCCC2c2cc3n(n2)[C@@H](C(F)(F)F)C[C@@H](C(C)C)N3)cn1. The van der Waals surface area contributed by atoms with E-state index in [1.54, 1.807) is 17.9 Å². The minimum atomic E-state index is -4.39. The molecule has 0 spiro atoms. The van der Waals surface area contributed by atoms with E-state index in [1.807, 2.05) is 13.8 Å². The number of hydrogen-bond donors (Lipinski definition) is 1. The van der Waals surface area contributed by atoms with Gasteiger partial charge in [-0.05, 0) is 32.1 Å². The first kappa shape index (κ1) is 20.6. The molecular weight excluding hydrogens is 397 g/mol. The van der Waals surface area contributed by atoms with Gasteiger partial charge in [-0.3, -0.25) is 9.78 Å². The van der Waals surface area contributed by atoms with Crippen LogP contribution in [0.1, 0.15) is 67.1 Å². The number of aryl methyl sites for hydroxylation is 1. The number of carbonyl (C=O) groups excluding carboxylic acids is 1. The number of nitrogens with one attached hydrogen (secondary N) is 1. The first-order chi connectivity index (χ1) is 14.1. The monoisotopic (exact) mass is 422 g/mol. The minimum Gasteiger partial charge on any atom is -0.367 e. The van der Waals surface area contributed by atoms with Crippen molar-refractivity contribution >= 4 is 11.7 Å². The third-order valence-electron chi connectivity index (χ3n) is 5.90. The molecule has 4 rings (SSSR count). The van der Waals surface area contributed by atoms with Gasteiger partial charge in [-0.1, -0.05) is 13.8 Å². The normalized spacial score (nSPS) is 24.1. The first-order valence-corrected chi connectivity index (χ1v) is 10.2. The van der Waals surface area contributed by atoms with E-state index in [0.29, 0.717) is 30.2 Å². The van der Waals surface area contributed by atoms with E-state index in [1.165, 1.54) is 12.4 Å². The number of hydrogen-bond acceptors (Lipinski definition) is 5. The number of amides is 1. The van der Waals surface area contributed by atoms with Gasteiger partial charge in [0, 0.05) is 24.8 Å². The molecule has 2 aliphatic rings. The molecule has 3 atom stereocenters. The number of halogens is 3. The lowest BCUT2D eigenvalue weighted by Crippen LogP contribution is -2.41. The second kappa shape index (κ2) is 7.55. The number of aromatic nitrogens is 4. The van der Waals surface area contributed by atoms with Crippen LogP contribution in [0.25, 0.3) is 0 Å². The van der Waals surface area contributed by atoms with Crippen molar-refractivity contribution < 1.29 is 18.0 Å². The summed E-state index contributed by atoms with van der Waals surface area (Å²) in [5.74, 6) is 0.120. The molecule has 2 aromatic heterocycles. The van der Waals surface area contributed by atoms with Crippen molar-refractivity contribution in [3.05, 3.63) is 35.5 Å². The Morgan fingerprint density at radius 3 is 2.67 bits per heavy atom. The Morgan fingerprint density at radius 1 is 1.27 bits per heavy atom. The summed E-state index contributed by atoms with van der Waals surface area (Å²) < 4.78 is 42.2. The van der Waals surface area contributed by atoms with Crippen LogP contribution in [-0.2, 0) is 0 Å². The maximum Gasteiger partial charge on any atom is 0.410 e. The predicted octanol–water partition coefficient (Wildman–Crippen LogP) is 3.90. The van der Waals surface area contributed by atoms with Crippen LogP contribution in [0.4, 0.5) is 19.0 Å². The summed E-state index contributed by atoms with van der Waals surface area (Å²) in [5, 5.41) is 7.52. The van der Waals surface area contributed by atoms with Crippen LogP contribution < -0.4 is 5.32 Å². The fraction of sp³-hybridized carbons (Fsp3) is 0.600. The van der Waals surface area contributed by atoms with Crippen molar-refractivity contribution in [2.75, 3.05) is 11.9 Å². The highest BCUT2D eigenvalue weighted by atomic mass is 19.4. The van der Waals surface area contributed by atoms with E-state index in [4.69, 9.17) is 0 Å². The molecule has 2 aromatic rings. The summed E-state index contributed by atoms with van der Waals surface area (Å²) >= 11 is 0. The number of alkyl halides is 3. The minimum absolute atomic E-state index is 0.0478. The van der Waals surface area contributed by atoms with Gasteiger partial charge in [0.2, 0.25) is 0 Å². The summed E-state index contributed by atoms with van der Waals surface area (Å²) in [4.78, 5) is 22.8. The molecule has 0 bridgehead atoms. The number of anilines is 1. The third kappa shape index (κ3) is 3.75. The van der Waals surface area contributed by atoms with Crippen molar-refractivity contribution in [1.82, 2.24) is 24.6 Å². The Morgan fingerprint density at radius 2 is 2.03 bits per heavy atom. The molecule has 0 radical (unpaired) electrons. The maximum atomic E-state index is 13.7. The van der Waals surface area contributed by atoms with Crippen LogP contribution in [0.15, 0.2) is 18.5 Å². The average molecular weight is 422 g/mol. The zero-order valence-corrected chi connectivity index (χ0v) is 17.1. The zero-order valence-electron chi connectivity index (χ0n) is 17.1. The molecule has 10 heteroatoms. The largest absolute Gasteiger partial charge is 0.410 e. The van der Waals surface area contributed by atoms with Crippen molar-refractivity contribution in [3.63, 3.8) is 0 Å². The number of nitrogens with zero attached hydrogens (tertiary/aromatic N) is 5. The molecule has 0 aromatic carbocycles. The molecule has 4 heterocycles. The summed E-state index contributed by atoms with van der Waals surface area (Å²) in [6.45, 7) is 6.09. The molecule has 162 valence electrons. The molecule has 2 aliphatic heterocycles. The van der Waals surface area contributed by atoms with E-state index >= 15 is 0 Å². The Balaban J connectivity index is 1.64. The van der Waals surface area contributed by atoms with Gasteiger partial charge in [-0.15, -0.1) is 0 Å². The number of likely N-dealkylation sites (tertiary alicyclic amines) is 1. The zero-order chi connectivity index (χ0) is 21.6. The molecule has 0 aliphatic carbocycles. The van der Waals surface area contributed by atoms with Crippen molar-refractivity contribution in [2.24, 2.45) is 5.92 Å². The van der Waals surface area contributed by atoms with Gasteiger partial charge < -0.3 is 10.2 Å². The molecule has 1 amide bonds. The van der Waals surface area contributed by atoms with Gasteiger partial charge in [-0.25, -0.2) is 9.67 Å². The van der Waals surface area contributed by atoms with Crippen LogP contribution in [-0.4, -0.2) is 49.3 Å². The van der Waals surface area contributed by atoms with Crippen LogP contribution in [0.5, 0.6) is 0 Å². The number of carbonyl (C=O) groups is 1. The Labute approximate surface area is 172 Å². The third-order valence-corrected chi connectivity index (χ3v) is 5.90. The van der Waals surface area contributed by atoms with Crippen molar-refractivity contribution in [3.8, 4) is 0 Å². The Bertz CT molecular complexity index is 924. The highest BCUT2D eigenvalue weighted by Crippen LogP contribution is 2.42. The van der Waals surface area contributed by atoms with E-state index in [9.17, 15) is 18.0 Å². The average Bonchev–Trinajstić information content (AvgIpc) is 3.32. The second-order valence-electron chi connectivity index (χ2n) is 8.39. The summed E-state index contributed by atoms with van der Waals surface area (Å²) in [6.07, 6.45) is -0.108. The Kier molecular flexibility index (Phi) is 5.19. The lowest BCUT2D eigenvalue weighted by Gasteiger charge is -2.35. The van der Waals surface area contributed by atoms with E-state index < -0.39 is 12.2 Å². The summed E-state index contributed by atoms with van der Waals surface area (Å²) in [7, 11) is 0. The van der Waals surface area contributed by atoms with Crippen molar-refractivity contribution in [2.45, 2.75) is 64.3 Å². The van der Waals surface area contributed by atoms with Crippen molar-refractivity contribution in [1.29, 1.82) is 0 Å². The lowest BCUT2D eigenvalue weighted by molar-refractivity contribution is -0.174. The number of fused-ring (bicyclic) bond motifs is 1. The standard InChI is InChI=1S/C20H25F3N6O/c1-11(2)13-7-17(20(21,22)23)29-18(26-13)8-14(27-29)16-5-4-6-28(16)19(30)15-10-24-12(3)9-25-15/h8-11,13,16-17,26H,4-7H2,1-3H3/t13-,16?,17+/m0/s1. The van der Waals surface area contributed by atoms with Crippen LogP contribution in [0, 0.1) is 12.8 Å². The predicted molar refractivity (Wildman–Crippen MR) is 104 cm³/mol. The smallest absolute Gasteiger partial charge is 0.367 e. The summed E-state index contributed by atoms with van der Waals surface area (Å²) in [5.41, 5.74) is 1.40. The molecule has 1 fully saturated rings. The van der Waals surface area contributed by atoms with E-state index in [0.717, 1.165) is 11.1 Å². The molecule has 7 nitrogen and oxygen atoms in total. The maximum absolute atomic E-state index is 13.7. The summed E-state index contributed by atoms with van der Waals surface area (Å²) in [6, 6.07) is -0.696. The van der Waals surface area contributed by atoms with Gasteiger partial charge in [0.1, 0.15) is 11.5 Å². The molecule has 1 unspecified atom stereocenters. The fourth-order valence-corrected chi connectivity index (χ4v) is 4.19. The highest BCUT2D eigenvalue weighted by Gasteiger charge is 2.47. The van der Waals surface area contributed by atoms with E-state index in [2.05, 4.69) is 20.4 Å².